The van der Waals surface area contributed by atoms with Gasteiger partial charge in [-0.2, -0.15) is 5.10 Å². The van der Waals surface area contributed by atoms with E-state index in [0.717, 1.165) is 27.4 Å². The van der Waals surface area contributed by atoms with E-state index in [1.807, 2.05) is 19.1 Å². The molecule has 1 N–H and O–H groups in total. The number of halogens is 1. The molecular weight excluding hydrogens is 232 g/mol. The molecule has 2 aromatic rings. The summed E-state index contributed by atoms with van der Waals surface area (Å²) in [5, 5.41) is 7.80. The van der Waals surface area contributed by atoms with Gasteiger partial charge in [0.25, 0.3) is 0 Å². The van der Waals surface area contributed by atoms with Crippen molar-refractivity contribution in [2.75, 3.05) is 0 Å². The number of nitrogens with zero attached hydrogens (tertiary/aromatic N) is 1. The van der Waals surface area contributed by atoms with Crippen LogP contribution in [0.25, 0.3) is 10.9 Å². The van der Waals surface area contributed by atoms with Crippen LogP contribution in [0.15, 0.2) is 16.6 Å². The predicted octanol–water partition coefficient (Wildman–Crippen LogP) is 2.45. The minimum Gasteiger partial charge on any atom is -0.298 e. The minimum absolute atomic E-state index is 0.656. The molecule has 0 aliphatic heterocycles. The van der Waals surface area contributed by atoms with Gasteiger partial charge in [-0.15, -0.1) is 0 Å². The van der Waals surface area contributed by atoms with Crippen LogP contribution in [0, 0.1) is 6.92 Å². The zero-order chi connectivity index (χ0) is 9.42. The van der Waals surface area contributed by atoms with E-state index in [1.54, 1.807) is 0 Å². The first-order chi connectivity index (χ1) is 6.24. The Kier molecular flexibility index (Phi) is 1.92. The molecule has 0 saturated carbocycles. The highest BCUT2D eigenvalue weighted by atomic mass is 79.9. The van der Waals surface area contributed by atoms with Crippen LogP contribution < -0.4 is 0 Å². The molecule has 0 atom stereocenters. The second kappa shape index (κ2) is 2.96. The number of aldehydes is 1. The van der Waals surface area contributed by atoms with Crippen molar-refractivity contribution < 1.29 is 4.79 Å². The second-order valence-electron chi connectivity index (χ2n) is 2.82. The molecule has 0 bridgehead atoms. The third kappa shape index (κ3) is 1.18. The Balaban J connectivity index is 2.96. The van der Waals surface area contributed by atoms with Crippen LogP contribution in [0.1, 0.15) is 16.1 Å². The molecule has 0 amide bonds. The maximum Gasteiger partial charge on any atom is 0.151 e. The van der Waals surface area contributed by atoms with Crippen molar-refractivity contribution in [3.05, 3.63) is 27.9 Å². The maximum atomic E-state index is 10.8. The van der Waals surface area contributed by atoms with E-state index >= 15 is 0 Å². The Morgan fingerprint density at radius 2 is 2.31 bits per heavy atom. The standard InChI is InChI=1S/C9H7BrN2O/c1-5-9-6(4-13)7(10)2-3-8(9)12-11-5/h2-4H,1H3,(H,11,12). The zero-order valence-electron chi connectivity index (χ0n) is 6.97. The largest absolute Gasteiger partial charge is 0.298 e. The van der Waals surface area contributed by atoms with Gasteiger partial charge < -0.3 is 0 Å². The Morgan fingerprint density at radius 3 is 3.00 bits per heavy atom. The number of aromatic amines is 1. The summed E-state index contributed by atoms with van der Waals surface area (Å²) in [7, 11) is 0. The van der Waals surface area contributed by atoms with Gasteiger partial charge in [-0.1, -0.05) is 15.9 Å². The number of carbonyl (C=O) groups excluding carboxylic acids is 1. The van der Waals surface area contributed by atoms with Gasteiger partial charge in [0, 0.05) is 21.1 Å². The van der Waals surface area contributed by atoms with Crippen molar-refractivity contribution in [2.45, 2.75) is 6.92 Å². The van der Waals surface area contributed by atoms with Crippen LogP contribution in [-0.4, -0.2) is 16.5 Å². The Morgan fingerprint density at radius 1 is 1.54 bits per heavy atom. The van der Waals surface area contributed by atoms with Crippen molar-refractivity contribution in [1.29, 1.82) is 0 Å². The fourth-order valence-corrected chi connectivity index (χ4v) is 1.81. The highest BCUT2D eigenvalue weighted by Gasteiger charge is 2.09. The molecule has 1 aromatic carbocycles. The van der Waals surface area contributed by atoms with Crippen molar-refractivity contribution >= 4 is 33.1 Å². The van der Waals surface area contributed by atoms with Gasteiger partial charge in [0.15, 0.2) is 6.29 Å². The monoisotopic (exact) mass is 238 g/mol. The number of hydrogen-bond acceptors (Lipinski definition) is 2. The van der Waals surface area contributed by atoms with Gasteiger partial charge in [0.1, 0.15) is 0 Å². The van der Waals surface area contributed by atoms with E-state index in [-0.39, 0.29) is 0 Å². The van der Waals surface area contributed by atoms with Crippen LogP contribution in [0.3, 0.4) is 0 Å². The molecule has 0 saturated heterocycles. The molecule has 0 fully saturated rings. The summed E-state index contributed by atoms with van der Waals surface area (Å²) in [4.78, 5) is 10.8. The number of fused-ring (bicyclic) bond motifs is 1. The molecular formula is C9H7BrN2O. The fourth-order valence-electron chi connectivity index (χ4n) is 1.39. The summed E-state index contributed by atoms with van der Waals surface area (Å²) < 4.78 is 0.805. The summed E-state index contributed by atoms with van der Waals surface area (Å²) in [6.45, 7) is 1.90. The van der Waals surface area contributed by atoms with E-state index in [0.29, 0.717) is 5.56 Å². The average molecular weight is 239 g/mol. The molecule has 0 aliphatic carbocycles. The Labute approximate surface area is 83.3 Å². The number of nitrogens with one attached hydrogen (secondary N) is 1. The lowest BCUT2D eigenvalue weighted by molar-refractivity contribution is 0.112. The fraction of sp³-hybridized carbons (Fsp3) is 0.111. The molecule has 13 heavy (non-hydrogen) atoms. The zero-order valence-corrected chi connectivity index (χ0v) is 8.55. The summed E-state index contributed by atoms with van der Waals surface area (Å²) >= 11 is 3.32. The Bertz CT molecular complexity index is 476. The van der Waals surface area contributed by atoms with E-state index in [1.165, 1.54) is 0 Å². The SMILES string of the molecule is Cc1[nH]nc2ccc(Br)c(C=O)c12. The van der Waals surface area contributed by atoms with E-state index < -0.39 is 0 Å². The normalized spacial score (nSPS) is 10.6. The second-order valence-corrected chi connectivity index (χ2v) is 3.68. The third-order valence-electron chi connectivity index (χ3n) is 2.01. The van der Waals surface area contributed by atoms with Crippen molar-refractivity contribution in [3.8, 4) is 0 Å². The average Bonchev–Trinajstić information content (AvgIpc) is 2.49. The number of carbonyl (C=O) groups is 1. The molecule has 3 nitrogen and oxygen atoms in total. The molecule has 0 unspecified atom stereocenters. The number of aryl methyl sites for hydroxylation is 1. The molecule has 0 radical (unpaired) electrons. The van der Waals surface area contributed by atoms with E-state index in [4.69, 9.17) is 0 Å². The molecule has 0 aliphatic rings. The number of aromatic nitrogens is 2. The summed E-state index contributed by atoms with van der Waals surface area (Å²) in [6, 6.07) is 3.70. The first-order valence-electron chi connectivity index (χ1n) is 3.82. The summed E-state index contributed by atoms with van der Waals surface area (Å²) in [5.74, 6) is 0. The van der Waals surface area contributed by atoms with Gasteiger partial charge in [0.2, 0.25) is 0 Å². The first-order valence-corrected chi connectivity index (χ1v) is 4.61. The van der Waals surface area contributed by atoms with Crippen LogP contribution in [0.5, 0.6) is 0 Å². The predicted molar refractivity (Wildman–Crippen MR) is 53.9 cm³/mol. The third-order valence-corrected chi connectivity index (χ3v) is 2.70. The van der Waals surface area contributed by atoms with Crippen molar-refractivity contribution in [2.24, 2.45) is 0 Å². The molecule has 2 rings (SSSR count). The number of H-pyrrole nitrogens is 1. The van der Waals surface area contributed by atoms with Crippen molar-refractivity contribution in [3.63, 3.8) is 0 Å². The Hall–Kier alpha value is -1.16. The van der Waals surface area contributed by atoms with Crippen LogP contribution in [-0.2, 0) is 0 Å². The van der Waals surface area contributed by atoms with Crippen molar-refractivity contribution in [1.82, 2.24) is 10.2 Å². The van der Waals surface area contributed by atoms with Gasteiger partial charge >= 0.3 is 0 Å². The molecule has 1 aromatic heterocycles. The molecule has 1 heterocycles. The van der Waals surface area contributed by atoms with Gasteiger partial charge in [-0.05, 0) is 19.1 Å². The smallest absolute Gasteiger partial charge is 0.151 e. The quantitative estimate of drug-likeness (QED) is 0.777. The molecule has 0 spiro atoms. The van der Waals surface area contributed by atoms with Crippen LogP contribution >= 0.6 is 15.9 Å². The summed E-state index contributed by atoms with van der Waals surface area (Å²) in [5.41, 5.74) is 2.39. The van der Waals surface area contributed by atoms with Crippen LogP contribution in [0.4, 0.5) is 0 Å². The minimum atomic E-state index is 0.656. The maximum absolute atomic E-state index is 10.8. The van der Waals surface area contributed by atoms with E-state index in [2.05, 4.69) is 26.1 Å². The first kappa shape index (κ1) is 8.44. The molecule has 4 heteroatoms. The number of rotatable bonds is 1. The van der Waals surface area contributed by atoms with Gasteiger partial charge in [-0.25, -0.2) is 0 Å². The topological polar surface area (TPSA) is 45.8 Å². The highest BCUT2D eigenvalue weighted by Crippen LogP contribution is 2.25. The lowest BCUT2D eigenvalue weighted by atomic mass is 10.1. The van der Waals surface area contributed by atoms with Crippen LogP contribution in [0.2, 0.25) is 0 Å². The lowest BCUT2D eigenvalue weighted by Crippen LogP contribution is -1.84. The van der Waals surface area contributed by atoms with E-state index in [9.17, 15) is 4.79 Å². The summed E-state index contributed by atoms with van der Waals surface area (Å²) in [6.07, 6.45) is 0.842. The van der Waals surface area contributed by atoms with Gasteiger partial charge in [-0.3, -0.25) is 9.89 Å². The number of benzene rings is 1. The lowest BCUT2D eigenvalue weighted by Gasteiger charge is -1.97. The van der Waals surface area contributed by atoms with Gasteiger partial charge in [0.05, 0.1) is 5.52 Å². The highest BCUT2D eigenvalue weighted by molar-refractivity contribution is 9.10. The molecule has 66 valence electrons. The number of hydrogen-bond donors (Lipinski definition) is 1.